The van der Waals surface area contributed by atoms with Gasteiger partial charge in [-0.05, 0) is 127 Å². The van der Waals surface area contributed by atoms with Crippen LogP contribution in [0, 0.1) is 0 Å². The Morgan fingerprint density at radius 1 is 0.339 bits per heavy atom. The molecule has 0 radical (unpaired) electrons. The van der Waals surface area contributed by atoms with E-state index in [-0.39, 0.29) is 10.8 Å². The molecule has 2 aliphatic rings. The third-order valence-electron chi connectivity index (χ3n) is 13.9. The molecule has 0 aliphatic heterocycles. The molecule has 0 spiro atoms. The predicted octanol–water partition coefficient (Wildman–Crippen LogP) is 17.1. The Kier molecular flexibility index (Phi) is 8.17. The fourth-order valence-corrected chi connectivity index (χ4v) is 11.8. The molecule has 1 heterocycles. The lowest BCUT2D eigenvalue weighted by Crippen LogP contribution is -2.16. The summed E-state index contributed by atoms with van der Waals surface area (Å²) in [7, 11) is 0. The molecule has 0 atom stereocenters. The minimum Gasteiger partial charge on any atom is -0.310 e. The van der Waals surface area contributed by atoms with Crippen LogP contribution in [-0.2, 0) is 10.8 Å². The second-order valence-electron chi connectivity index (χ2n) is 18.1. The van der Waals surface area contributed by atoms with Crippen molar-refractivity contribution in [1.29, 1.82) is 0 Å². The summed E-state index contributed by atoms with van der Waals surface area (Å²) >= 11 is 1.87. The summed E-state index contributed by atoms with van der Waals surface area (Å²) in [5.74, 6) is 0. The van der Waals surface area contributed by atoms with Crippen LogP contribution < -0.4 is 4.90 Å². The largest absolute Gasteiger partial charge is 0.310 e. The van der Waals surface area contributed by atoms with Gasteiger partial charge in [0, 0.05) is 47.9 Å². The lowest BCUT2D eigenvalue weighted by Gasteiger charge is -2.29. The summed E-state index contributed by atoms with van der Waals surface area (Å²) in [5.41, 5.74) is 21.4. The van der Waals surface area contributed by atoms with Gasteiger partial charge in [-0.15, -0.1) is 11.3 Å². The topological polar surface area (TPSA) is 3.24 Å². The molecule has 2 aliphatic carbocycles. The van der Waals surface area contributed by atoms with Crippen LogP contribution in [0.1, 0.15) is 49.9 Å². The van der Waals surface area contributed by atoms with Gasteiger partial charge in [0.1, 0.15) is 0 Å². The van der Waals surface area contributed by atoms with Gasteiger partial charge in [-0.1, -0.05) is 173 Å². The van der Waals surface area contributed by atoms with E-state index < -0.39 is 0 Å². The van der Waals surface area contributed by atoms with E-state index in [0.29, 0.717) is 0 Å². The van der Waals surface area contributed by atoms with Crippen molar-refractivity contribution in [2.45, 2.75) is 38.5 Å². The van der Waals surface area contributed by atoms with Gasteiger partial charge in [0.25, 0.3) is 0 Å². The second-order valence-corrected chi connectivity index (χ2v) is 19.2. The lowest BCUT2D eigenvalue weighted by atomic mass is 9.81. The molecule has 0 fully saturated rings. The monoisotopic (exact) mass is 811 g/mol. The highest BCUT2D eigenvalue weighted by atomic mass is 32.1. The van der Waals surface area contributed by atoms with E-state index >= 15 is 0 Å². The quantitative estimate of drug-likeness (QED) is 0.162. The summed E-state index contributed by atoms with van der Waals surface area (Å²) in [6.45, 7) is 9.47. The molecule has 296 valence electrons. The van der Waals surface area contributed by atoms with Crippen molar-refractivity contribution in [2.24, 2.45) is 0 Å². The fraction of sp³-hybridized carbons (Fsp3) is 0.100. The van der Waals surface area contributed by atoms with Crippen LogP contribution in [0.15, 0.2) is 200 Å². The number of hydrogen-bond acceptors (Lipinski definition) is 2. The molecule has 1 aromatic heterocycles. The average molecular weight is 812 g/mol. The van der Waals surface area contributed by atoms with Gasteiger partial charge >= 0.3 is 0 Å². The van der Waals surface area contributed by atoms with Crippen LogP contribution in [0.5, 0.6) is 0 Å². The molecule has 1 nitrogen and oxygen atoms in total. The molecular weight excluding hydrogens is 767 g/mol. The molecular formula is C60H45NS. The van der Waals surface area contributed by atoms with E-state index in [4.69, 9.17) is 0 Å². The number of anilines is 3. The summed E-state index contributed by atoms with van der Waals surface area (Å²) in [6.07, 6.45) is 0. The van der Waals surface area contributed by atoms with Crippen LogP contribution in [0.4, 0.5) is 17.1 Å². The molecule has 0 amide bonds. The summed E-state index contributed by atoms with van der Waals surface area (Å²) in [4.78, 5) is 2.48. The van der Waals surface area contributed by atoms with Gasteiger partial charge in [-0.3, -0.25) is 0 Å². The maximum Gasteiger partial charge on any atom is 0.0543 e. The van der Waals surface area contributed by atoms with Crippen molar-refractivity contribution in [2.75, 3.05) is 4.90 Å². The highest BCUT2D eigenvalue weighted by Gasteiger charge is 2.38. The number of benzene rings is 9. The van der Waals surface area contributed by atoms with E-state index in [1.165, 1.54) is 104 Å². The molecule has 0 saturated carbocycles. The smallest absolute Gasteiger partial charge is 0.0543 e. The number of fused-ring (bicyclic) bond motifs is 9. The van der Waals surface area contributed by atoms with Gasteiger partial charge in [0.05, 0.1) is 5.69 Å². The maximum absolute atomic E-state index is 2.48. The zero-order valence-electron chi connectivity index (χ0n) is 35.4. The minimum atomic E-state index is -0.110. The fourth-order valence-electron chi connectivity index (χ4n) is 10.6. The van der Waals surface area contributed by atoms with E-state index in [1.54, 1.807) is 0 Å². The standard InChI is InChI=1S/C60H45NS/c1-59(2)51-20-10-8-19-49(51)58-53(59)21-13-22-55(58)61(44-29-24-39(25-30-44)43-27-32-48-47-18-9-11-23-56(47)62-57(48)37-43)45-17-12-16-40(34-45)41-28-33-52-50(35-41)46-31-26-42(36-54(46)60(52,3)4)38-14-6-5-7-15-38/h5-37H,1-4H3. The number of thiophene rings is 1. The third-order valence-corrected chi connectivity index (χ3v) is 15.0. The van der Waals surface area contributed by atoms with Crippen LogP contribution in [0.3, 0.4) is 0 Å². The molecule has 0 saturated heterocycles. The van der Waals surface area contributed by atoms with Crippen LogP contribution >= 0.6 is 11.3 Å². The SMILES string of the molecule is CC1(C)c2ccc(-c3cccc(N(c4ccc(-c5ccc6c(c5)sc5ccccc56)cc4)c4cccc5c4-c4ccccc4C5(C)C)c3)cc2-c2ccc(-c3ccccc3)cc21. The Balaban J connectivity index is 0.979. The van der Waals surface area contributed by atoms with Gasteiger partial charge in [0.15, 0.2) is 0 Å². The Hall–Kier alpha value is -7.00. The lowest BCUT2D eigenvalue weighted by molar-refractivity contribution is 0.660. The number of nitrogens with zero attached hydrogens (tertiary/aromatic N) is 1. The maximum atomic E-state index is 2.48. The van der Waals surface area contributed by atoms with Gasteiger partial charge in [-0.2, -0.15) is 0 Å². The minimum absolute atomic E-state index is 0.0970. The first-order valence-electron chi connectivity index (χ1n) is 21.7. The first-order valence-corrected chi connectivity index (χ1v) is 22.6. The molecule has 62 heavy (non-hydrogen) atoms. The highest BCUT2D eigenvalue weighted by molar-refractivity contribution is 7.25. The third kappa shape index (κ3) is 5.60. The van der Waals surface area contributed by atoms with Crippen molar-refractivity contribution in [3.8, 4) is 55.6 Å². The van der Waals surface area contributed by atoms with Crippen molar-refractivity contribution in [3.05, 3.63) is 222 Å². The highest BCUT2D eigenvalue weighted by Crippen LogP contribution is 2.55. The summed E-state index contributed by atoms with van der Waals surface area (Å²) in [5, 5.41) is 2.66. The Labute approximate surface area is 368 Å². The average Bonchev–Trinajstić information content (AvgIpc) is 3.89. The predicted molar refractivity (Wildman–Crippen MR) is 265 cm³/mol. The van der Waals surface area contributed by atoms with Crippen LogP contribution in [-0.4, -0.2) is 0 Å². The van der Waals surface area contributed by atoms with Crippen LogP contribution in [0.2, 0.25) is 0 Å². The molecule has 2 heteroatoms. The van der Waals surface area contributed by atoms with Crippen molar-refractivity contribution in [3.63, 3.8) is 0 Å². The molecule has 0 N–H and O–H groups in total. The Bertz CT molecular complexity index is 3400. The Morgan fingerprint density at radius 3 is 1.81 bits per heavy atom. The molecule has 10 aromatic rings. The van der Waals surface area contributed by atoms with Crippen molar-refractivity contribution in [1.82, 2.24) is 0 Å². The Morgan fingerprint density at radius 2 is 0.935 bits per heavy atom. The second kappa shape index (κ2) is 13.8. The summed E-state index contributed by atoms with van der Waals surface area (Å²) < 4.78 is 2.65. The first kappa shape index (κ1) is 36.8. The van der Waals surface area contributed by atoms with Gasteiger partial charge < -0.3 is 4.90 Å². The van der Waals surface area contributed by atoms with Crippen molar-refractivity contribution < 1.29 is 0 Å². The number of rotatable bonds is 6. The zero-order chi connectivity index (χ0) is 41.7. The molecule has 12 rings (SSSR count). The van der Waals surface area contributed by atoms with Crippen LogP contribution in [0.25, 0.3) is 75.8 Å². The summed E-state index contributed by atoms with van der Waals surface area (Å²) in [6, 6.07) is 74.8. The molecule has 0 unspecified atom stereocenters. The zero-order valence-corrected chi connectivity index (χ0v) is 36.2. The normalized spacial score (nSPS) is 14.1. The van der Waals surface area contributed by atoms with E-state index in [2.05, 4.69) is 233 Å². The molecule has 9 aromatic carbocycles. The number of hydrogen-bond donors (Lipinski definition) is 0. The van der Waals surface area contributed by atoms with Gasteiger partial charge in [-0.25, -0.2) is 0 Å². The molecule has 0 bridgehead atoms. The first-order chi connectivity index (χ1) is 30.2. The van der Waals surface area contributed by atoms with E-state index in [9.17, 15) is 0 Å². The van der Waals surface area contributed by atoms with E-state index in [1.807, 2.05) is 11.3 Å². The van der Waals surface area contributed by atoms with Crippen molar-refractivity contribution >= 4 is 48.6 Å². The van der Waals surface area contributed by atoms with Gasteiger partial charge in [0.2, 0.25) is 0 Å². The van der Waals surface area contributed by atoms with E-state index in [0.717, 1.165) is 11.4 Å².